The third kappa shape index (κ3) is 4.99. The van der Waals surface area contributed by atoms with Crippen molar-refractivity contribution in [1.82, 2.24) is 9.80 Å². The molecule has 2 aliphatic rings. The lowest BCUT2D eigenvalue weighted by molar-refractivity contribution is -0.142. The van der Waals surface area contributed by atoms with Gasteiger partial charge in [0.05, 0.1) is 5.69 Å². The number of piperazine rings is 1. The molecule has 3 rings (SSSR count). The Morgan fingerprint density at radius 3 is 2.69 bits per heavy atom. The number of ether oxygens (including phenoxy) is 1. The van der Waals surface area contributed by atoms with Gasteiger partial charge in [-0.3, -0.25) is 14.5 Å². The van der Waals surface area contributed by atoms with Crippen LogP contribution in [0.5, 0.6) is 0 Å². The van der Waals surface area contributed by atoms with Crippen LogP contribution in [0, 0.1) is 0 Å². The highest BCUT2D eigenvalue weighted by molar-refractivity contribution is 7.98. The molecule has 1 N–H and O–H groups in total. The van der Waals surface area contributed by atoms with E-state index in [4.69, 9.17) is 4.74 Å². The summed E-state index contributed by atoms with van der Waals surface area (Å²) < 4.78 is 5.49. The molecule has 0 radical (unpaired) electrons. The summed E-state index contributed by atoms with van der Waals surface area (Å²) in [7, 11) is 0. The van der Waals surface area contributed by atoms with Crippen molar-refractivity contribution in [3.63, 3.8) is 0 Å². The number of rotatable bonds is 6. The first-order valence-electron chi connectivity index (χ1n) is 9.23. The van der Waals surface area contributed by atoms with E-state index in [1.165, 1.54) is 0 Å². The molecule has 2 aliphatic heterocycles. The van der Waals surface area contributed by atoms with Gasteiger partial charge < -0.3 is 15.0 Å². The number of amides is 2. The molecule has 0 saturated carbocycles. The number of carbonyl (C=O) groups excluding carboxylic acids is 2. The molecule has 2 saturated heterocycles. The molecule has 0 unspecified atom stereocenters. The Labute approximate surface area is 159 Å². The van der Waals surface area contributed by atoms with Crippen molar-refractivity contribution in [1.29, 1.82) is 0 Å². The second-order valence-electron chi connectivity index (χ2n) is 6.67. The zero-order valence-corrected chi connectivity index (χ0v) is 16.1. The van der Waals surface area contributed by atoms with Crippen molar-refractivity contribution < 1.29 is 14.3 Å². The van der Waals surface area contributed by atoms with Gasteiger partial charge in [0.1, 0.15) is 6.10 Å². The molecule has 26 heavy (non-hydrogen) atoms. The van der Waals surface area contributed by atoms with Crippen molar-refractivity contribution in [2.45, 2.75) is 30.3 Å². The lowest BCUT2D eigenvalue weighted by atomic mass is 10.2. The van der Waals surface area contributed by atoms with Crippen molar-refractivity contribution >= 4 is 29.3 Å². The Morgan fingerprint density at radius 2 is 2.00 bits per heavy atom. The molecule has 0 aliphatic carbocycles. The number of nitrogens with zero attached hydrogens (tertiary/aromatic N) is 2. The molecule has 1 aromatic rings. The van der Waals surface area contributed by atoms with Crippen molar-refractivity contribution in [2.75, 3.05) is 50.9 Å². The van der Waals surface area contributed by atoms with E-state index in [1.807, 2.05) is 35.4 Å². The first-order valence-corrected chi connectivity index (χ1v) is 10.5. The van der Waals surface area contributed by atoms with Gasteiger partial charge in [0.25, 0.3) is 5.91 Å². The van der Waals surface area contributed by atoms with E-state index in [0.29, 0.717) is 13.0 Å². The minimum atomic E-state index is -0.233. The maximum Gasteiger partial charge on any atom is 0.251 e. The normalized spacial score (nSPS) is 21.0. The smallest absolute Gasteiger partial charge is 0.251 e. The number of thioether (sulfide) groups is 1. The zero-order valence-electron chi connectivity index (χ0n) is 15.3. The van der Waals surface area contributed by atoms with Gasteiger partial charge in [0, 0.05) is 50.6 Å². The van der Waals surface area contributed by atoms with Gasteiger partial charge in [0.15, 0.2) is 0 Å². The molecular formula is C19H27N3O3S. The second-order valence-corrected chi connectivity index (χ2v) is 7.52. The van der Waals surface area contributed by atoms with E-state index in [0.717, 1.165) is 56.1 Å². The fourth-order valence-electron chi connectivity index (χ4n) is 3.39. The van der Waals surface area contributed by atoms with Crippen LogP contribution in [0.3, 0.4) is 0 Å². The molecular weight excluding hydrogens is 350 g/mol. The summed E-state index contributed by atoms with van der Waals surface area (Å²) in [4.78, 5) is 29.8. The quantitative estimate of drug-likeness (QED) is 0.769. The molecule has 2 heterocycles. The average Bonchev–Trinajstić information content (AvgIpc) is 3.21. The predicted octanol–water partition coefficient (Wildman–Crippen LogP) is 2.06. The molecule has 7 heteroatoms. The predicted molar refractivity (Wildman–Crippen MR) is 103 cm³/mol. The molecule has 2 amide bonds. The Hall–Kier alpha value is -1.57. The number of anilines is 1. The number of carbonyl (C=O) groups is 2. The minimum absolute atomic E-state index is 0.0318. The molecule has 0 aromatic heterocycles. The maximum atomic E-state index is 12.4. The van der Waals surface area contributed by atoms with Crippen molar-refractivity contribution in [3.05, 3.63) is 24.3 Å². The van der Waals surface area contributed by atoms with E-state index in [2.05, 4.69) is 10.2 Å². The first-order chi connectivity index (χ1) is 12.7. The lowest BCUT2D eigenvalue weighted by Gasteiger charge is -2.35. The highest BCUT2D eigenvalue weighted by Crippen LogP contribution is 2.24. The summed E-state index contributed by atoms with van der Waals surface area (Å²) in [5.74, 6) is 0.165. The van der Waals surface area contributed by atoms with Crippen molar-refractivity contribution in [3.8, 4) is 0 Å². The monoisotopic (exact) mass is 377 g/mol. The summed E-state index contributed by atoms with van der Waals surface area (Å²) in [6.45, 7) is 4.48. The minimum Gasteiger partial charge on any atom is -0.368 e. The van der Waals surface area contributed by atoms with E-state index >= 15 is 0 Å². The topological polar surface area (TPSA) is 61.9 Å². The standard InChI is InChI=1S/C19H27N3O3S/c1-26-17-7-3-2-5-15(17)20-18(23)8-9-21-10-12-22(13-11-21)19(24)16-6-4-14-25-16/h2-3,5,7,16H,4,6,8-14H2,1H3,(H,20,23)/t16-/m0/s1. The van der Waals surface area contributed by atoms with Crippen LogP contribution in [0.25, 0.3) is 0 Å². The van der Waals surface area contributed by atoms with Crippen LogP contribution < -0.4 is 5.32 Å². The van der Waals surface area contributed by atoms with Crippen LogP contribution >= 0.6 is 11.8 Å². The van der Waals surface area contributed by atoms with Gasteiger partial charge in [0.2, 0.25) is 5.91 Å². The number of hydrogen-bond donors (Lipinski definition) is 1. The summed E-state index contributed by atoms with van der Waals surface area (Å²) >= 11 is 1.62. The van der Waals surface area contributed by atoms with Crippen LogP contribution in [-0.4, -0.2) is 73.3 Å². The van der Waals surface area contributed by atoms with E-state index in [9.17, 15) is 9.59 Å². The van der Waals surface area contributed by atoms with Crippen molar-refractivity contribution in [2.24, 2.45) is 0 Å². The SMILES string of the molecule is CSc1ccccc1NC(=O)CCN1CCN(C(=O)[C@@H]2CCCO2)CC1. The summed E-state index contributed by atoms with van der Waals surface area (Å²) in [6, 6.07) is 7.84. The second kappa shape index (κ2) is 9.39. The summed E-state index contributed by atoms with van der Waals surface area (Å²) in [5.41, 5.74) is 0.872. The van der Waals surface area contributed by atoms with Crippen LogP contribution in [0.15, 0.2) is 29.2 Å². The van der Waals surface area contributed by atoms with Gasteiger partial charge in [-0.15, -0.1) is 11.8 Å². The van der Waals surface area contributed by atoms with Gasteiger partial charge in [-0.1, -0.05) is 12.1 Å². The van der Waals surface area contributed by atoms with Gasteiger partial charge in [-0.2, -0.15) is 0 Å². The third-order valence-electron chi connectivity index (χ3n) is 4.93. The molecule has 142 valence electrons. The van der Waals surface area contributed by atoms with E-state index in [1.54, 1.807) is 11.8 Å². The van der Waals surface area contributed by atoms with E-state index in [-0.39, 0.29) is 17.9 Å². The van der Waals surface area contributed by atoms with Gasteiger partial charge in [-0.05, 0) is 31.2 Å². The lowest BCUT2D eigenvalue weighted by Crippen LogP contribution is -2.51. The molecule has 6 nitrogen and oxygen atoms in total. The van der Waals surface area contributed by atoms with Gasteiger partial charge >= 0.3 is 0 Å². The van der Waals surface area contributed by atoms with Gasteiger partial charge in [-0.25, -0.2) is 0 Å². The molecule has 2 fully saturated rings. The summed E-state index contributed by atoms with van der Waals surface area (Å²) in [6.07, 6.45) is 4.05. The highest BCUT2D eigenvalue weighted by atomic mass is 32.2. The molecule has 0 bridgehead atoms. The molecule has 1 atom stereocenters. The summed E-state index contributed by atoms with van der Waals surface area (Å²) in [5, 5.41) is 3.00. The van der Waals surface area contributed by atoms with Crippen LogP contribution in [0.1, 0.15) is 19.3 Å². The third-order valence-corrected chi connectivity index (χ3v) is 5.72. The van der Waals surface area contributed by atoms with Crippen LogP contribution in [0.2, 0.25) is 0 Å². The Kier molecular flexibility index (Phi) is 6.93. The van der Waals surface area contributed by atoms with E-state index < -0.39 is 0 Å². The maximum absolute atomic E-state index is 12.4. The number of nitrogens with one attached hydrogen (secondary N) is 1. The Bertz CT molecular complexity index is 626. The number of hydrogen-bond acceptors (Lipinski definition) is 5. The fourth-order valence-corrected chi connectivity index (χ4v) is 3.94. The van der Waals surface area contributed by atoms with Crippen LogP contribution in [-0.2, 0) is 14.3 Å². The number of para-hydroxylation sites is 1. The first kappa shape index (κ1) is 19.2. The average molecular weight is 378 g/mol. The fraction of sp³-hybridized carbons (Fsp3) is 0.579. The number of benzene rings is 1. The largest absolute Gasteiger partial charge is 0.368 e. The Morgan fingerprint density at radius 1 is 1.23 bits per heavy atom. The zero-order chi connectivity index (χ0) is 18.4. The molecule has 0 spiro atoms. The molecule has 1 aromatic carbocycles. The highest BCUT2D eigenvalue weighted by Gasteiger charge is 2.30. The van der Waals surface area contributed by atoms with Crippen LogP contribution in [0.4, 0.5) is 5.69 Å². The Balaban J connectivity index is 1.39.